The number of hydrogen-bond acceptors (Lipinski definition) is 4. The van der Waals surface area contributed by atoms with Crippen LogP contribution in [0.2, 0.25) is 0 Å². The van der Waals surface area contributed by atoms with E-state index in [-0.39, 0.29) is 11.7 Å². The first-order valence-corrected chi connectivity index (χ1v) is 9.77. The minimum absolute atomic E-state index is 0.0828. The summed E-state index contributed by atoms with van der Waals surface area (Å²) in [6, 6.07) is 17.3. The molecule has 144 valence electrons. The number of fused-ring (bicyclic) bond motifs is 1. The second-order valence-corrected chi connectivity index (χ2v) is 7.80. The molecule has 29 heavy (non-hydrogen) atoms. The number of carbonyl (C=O) groups is 1. The number of carbonyl (C=O) groups excluding carboxylic acids is 1. The van der Waals surface area contributed by atoms with Gasteiger partial charge in [0.15, 0.2) is 0 Å². The van der Waals surface area contributed by atoms with E-state index in [0.29, 0.717) is 17.0 Å². The summed E-state index contributed by atoms with van der Waals surface area (Å²) in [5.41, 5.74) is 3.10. The molecule has 4 rings (SSSR count). The van der Waals surface area contributed by atoms with Gasteiger partial charge in [0.2, 0.25) is 0 Å². The quantitative estimate of drug-likeness (QED) is 0.496. The van der Waals surface area contributed by atoms with Crippen LogP contribution in [-0.2, 0) is 6.54 Å². The highest BCUT2D eigenvalue weighted by atomic mass is 32.1. The van der Waals surface area contributed by atoms with Crippen molar-refractivity contribution in [1.82, 2.24) is 14.7 Å². The molecule has 2 heterocycles. The number of thiophene rings is 1. The minimum Gasteiger partial charge on any atom is -0.337 e. The van der Waals surface area contributed by atoms with E-state index in [4.69, 9.17) is 5.26 Å². The Morgan fingerprint density at radius 1 is 1.21 bits per heavy atom. The molecule has 0 unspecified atom stereocenters. The summed E-state index contributed by atoms with van der Waals surface area (Å²) in [5, 5.41) is 14.3. The lowest BCUT2D eigenvalue weighted by Gasteiger charge is -2.16. The van der Waals surface area contributed by atoms with E-state index in [1.54, 1.807) is 40.9 Å². The van der Waals surface area contributed by atoms with Crippen molar-refractivity contribution in [3.8, 4) is 11.8 Å². The van der Waals surface area contributed by atoms with E-state index in [1.807, 2.05) is 25.1 Å². The van der Waals surface area contributed by atoms with Gasteiger partial charge in [-0.1, -0.05) is 12.1 Å². The molecule has 2 aromatic carbocycles. The molecule has 2 aromatic heterocycles. The van der Waals surface area contributed by atoms with E-state index in [2.05, 4.69) is 11.2 Å². The summed E-state index contributed by atoms with van der Waals surface area (Å²) in [6.07, 6.45) is 0. The van der Waals surface area contributed by atoms with Gasteiger partial charge in [-0.2, -0.15) is 10.4 Å². The van der Waals surface area contributed by atoms with Gasteiger partial charge in [-0.15, -0.1) is 11.3 Å². The van der Waals surface area contributed by atoms with Gasteiger partial charge < -0.3 is 4.90 Å². The fraction of sp³-hybridized carbons (Fsp3) is 0.136. The Hall–Kier alpha value is -3.50. The van der Waals surface area contributed by atoms with Gasteiger partial charge in [0, 0.05) is 19.0 Å². The number of hydrogen-bond donors (Lipinski definition) is 0. The summed E-state index contributed by atoms with van der Waals surface area (Å²) in [6.45, 7) is 2.34. The van der Waals surface area contributed by atoms with Crippen LogP contribution in [0.1, 0.15) is 26.5 Å². The average Bonchev–Trinajstić information content (AvgIpc) is 3.29. The number of nitrogens with zero attached hydrogens (tertiary/aromatic N) is 4. The van der Waals surface area contributed by atoms with Gasteiger partial charge in [0.05, 0.1) is 27.9 Å². The zero-order valence-electron chi connectivity index (χ0n) is 15.9. The summed E-state index contributed by atoms with van der Waals surface area (Å²) >= 11 is 1.37. The van der Waals surface area contributed by atoms with Gasteiger partial charge in [-0.3, -0.25) is 4.79 Å². The maximum Gasteiger partial charge on any atom is 0.264 e. The molecule has 0 saturated carbocycles. The van der Waals surface area contributed by atoms with Crippen LogP contribution in [-0.4, -0.2) is 27.6 Å². The highest BCUT2D eigenvalue weighted by molar-refractivity contribution is 7.20. The molecular weight excluding hydrogens is 387 g/mol. The van der Waals surface area contributed by atoms with Gasteiger partial charge in [-0.05, 0) is 55.0 Å². The molecule has 1 amide bonds. The van der Waals surface area contributed by atoms with E-state index in [0.717, 1.165) is 27.2 Å². The van der Waals surface area contributed by atoms with Crippen LogP contribution >= 0.6 is 11.3 Å². The number of aryl methyl sites for hydroxylation is 1. The molecule has 5 nitrogen and oxygen atoms in total. The smallest absolute Gasteiger partial charge is 0.264 e. The standard InChI is InChI=1S/C22H17FN4OS/c1-14-19-11-20(21(28)26(2)13-16-5-3-15(12-24)4-6-16)29-22(19)27(25-14)18-9-7-17(23)8-10-18/h3-11H,13H2,1-2H3. The SMILES string of the molecule is Cc1nn(-c2ccc(F)cc2)c2sc(C(=O)N(C)Cc3ccc(C#N)cc3)cc12. The number of halogens is 1. The van der Waals surface area contributed by atoms with Crippen LogP contribution in [0.25, 0.3) is 15.9 Å². The number of rotatable bonds is 4. The predicted octanol–water partition coefficient (Wildman–Crippen LogP) is 4.68. The van der Waals surface area contributed by atoms with Crippen LogP contribution in [0.3, 0.4) is 0 Å². The van der Waals surface area contributed by atoms with E-state index in [1.165, 1.54) is 23.5 Å². The predicted molar refractivity (Wildman–Crippen MR) is 111 cm³/mol. The average molecular weight is 404 g/mol. The molecule has 0 aliphatic carbocycles. The lowest BCUT2D eigenvalue weighted by atomic mass is 10.1. The molecule has 0 aliphatic heterocycles. The van der Waals surface area contributed by atoms with Crippen LogP contribution < -0.4 is 0 Å². The van der Waals surface area contributed by atoms with Crippen molar-refractivity contribution in [3.05, 3.63) is 82.1 Å². The Kier molecular flexibility index (Phi) is 4.87. The highest BCUT2D eigenvalue weighted by Gasteiger charge is 2.20. The van der Waals surface area contributed by atoms with Gasteiger partial charge in [0.25, 0.3) is 5.91 Å². The van der Waals surface area contributed by atoms with Crippen molar-refractivity contribution in [3.63, 3.8) is 0 Å². The Morgan fingerprint density at radius 3 is 2.55 bits per heavy atom. The van der Waals surface area contributed by atoms with Crippen molar-refractivity contribution in [2.75, 3.05) is 7.05 Å². The van der Waals surface area contributed by atoms with E-state index >= 15 is 0 Å². The largest absolute Gasteiger partial charge is 0.337 e. The Labute approximate surface area is 171 Å². The molecule has 0 spiro atoms. The minimum atomic E-state index is -0.305. The van der Waals surface area contributed by atoms with Crippen LogP contribution in [0.4, 0.5) is 4.39 Å². The molecule has 4 aromatic rings. The topological polar surface area (TPSA) is 61.9 Å². The fourth-order valence-corrected chi connectivity index (χ4v) is 4.31. The Balaban J connectivity index is 1.61. The van der Waals surface area contributed by atoms with Crippen molar-refractivity contribution >= 4 is 27.5 Å². The molecular formula is C22H17FN4OS. The first kappa shape index (κ1) is 18.8. The molecule has 0 saturated heterocycles. The second-order valence-electron chi connectivity index (χ2n) is 6.77. The molecule has 0 aliphatic rings. The van der Waals surface area contributed by atoms with Gasteiger partial charge in [-0.25, -0.2) is 9.07 Å². The lowest BCUT2D eigenvalue weighted by Crippen LogP contribution is -2.25. The summed E-state index contributed by atoms with van der Waals surface area (Å²) < 4.78 is 15.0. The maximum absolute atomic E-state index is 13.2. The van der Waals surface area contributed by atoms with Crippen molar-refractivity contribution < 1.29 is 9.18 Å². The number of benzene rings is 2. The van der Waals surface area contributed by atoms with Crippen molar-refractivity contribution in [2.24, 2.45) is 0 Å². The normalized spacial score (nSPS) is 10.8. The third kappa shape index (κ3) is 3.62. The monoisotopic (exact) mass is 404 g/mol. The maximum atomic E-state index is 13.2. The zero-order chi connectivity index (χ0) is 20.5. The highest BCUT2D eigenvalue weighted by Crippen LogP contribution is 2.31. The van der Waals surface area contributed by atoms with Crippen LogP contribution in [0.5, 0.6) is 0 Å². The zero-order valence-corrected chi connectivity index (χ0v) is 16.7. The van der Waals surface area contributed by atoms with Crippen molar-refractivity contribution in [1.29, 1.82) is 5.26 Å². The van der Waals surface area contributed by atoms with Crippen LogP contribution in [0.15, 0.2) is 54.6 Å². The third-order valence-electron chi connectivity index (χ3n) is 4.68. The van der Waals surface area contributed by atoms with Crippen LogP contribution in [0, 0.1) is 24.1 Å². The fourth-order valence-electron chi connectivity index (χ4n) is 3.13. The summed E-state index contributed by atoms with van der Waals surface area (Å²) in [5.74, 6) is -0.388. The lowest BCUT2D eigenvalue weighted by molar-refractivity contribution is 0.0790. The third-order valence-corrected chi connectivity index (χ3v) is 5.77. The molecule has 0 atom stereocenters. The van der Waals surface area contributed by atoms with Gasteiger partial charge >= 0.3 is 0 Å². The van der Waals surface area contributed by atoms with E-state index < -0.39 is 0 Å². The van der Waals surface area contributed by atoms with Gasteiger partial charge in [0.1, 0.15) is 10.6 Å². The molecule has 0 fully saturated rings. The van der Waals surface area contributed by atoms with Crippen molar-refractivity contribution in [2.45, 2.75) is 13.5 Å². The molecule has 0 radical (unpaired) electrons. The second kappa shape index (κ2) is 7.49. The first-order valence-electron chi connectivity index (χ1n) is 8.96. The number of amides is 1. The molecule has 0 bridgehead atoms. The van der Waals surface area contributed by atoms with E-state index in [9.17, 15) is 9.18 Å². The number of aromatic nitrogens is 2. The summed E-state index contributed by atoms with van der Waals surface area (Å²) in [7, 11) is 1.75. The summed E-state index contributed by atoms with van der Waals surface area (Å²) in [4.78, 5) is 16.1. The number of nitriles is 1. The molecule has 0 N–H and O–H groups in total. The Morgan fingerprint density at radius 2 is 1.90 bits per heavy atom. The molecule has 7 heteroatoms. The first-order chi connectivity index (χ1) is 14.0. The Bertz CT molecular complexity index is 1230.